The van der Waals surface area contributed by atoms with Crippen LogP contribution < -0.4 is 10.6 Å². The molecule has 0 unspecified atom stereocenters. The van der Waals surface area contributed by atoms with Gasteiger partial charge in [0.2, 0.25) is 5.91 Å². The van der Waals surface area contributed by atoms with E-state index in [0.717, 1.165) is 18.5 Å². The second-order valence-corrected chi connectivity index (χ2v) is 4.99. The van der Waals surface area contributed by atoms with Crippen molar-refractivity contribution in [2.45, 2.75) is 25.6 Å². The molecule has 102 valence electrons. The first-order chi connectivity index (χ1) is 9.83. The zero-order valence-electron chi connectivity index (χ0n) is 11.2. The number of aromatic nitrogens is 1. The molecule has 2 heterocycles. The monoisotopic (exact) mass is 267 g/mol. The fourth-order valence-electron chi connectivity index (χ4n) is 2.45. The van der Waals surface area contributed by atoms with E-state index in [1.165, 1.54) is 11.1 Å². The lowest BCUT2D eigenvalue weighted by atomic mass is 9.95. The van der Waals surface area contributed by atoms with Crippen LogP contribution in [0, 0.1) is 0 Å². The minimum Gasteiger partial charge on any atom is -0.351 e. The molecule has 1 aliphatic heterocycles. The minimum atomic E-state index is -0.151. The third kappa shape index (κ3) is 2.86. The molecule has 2 N–H and O–H groups in total. The van der Waals surface area contributed by atoms with E-state index in [-0.39, 0.29) is 11.9 Å². The van der Waals surface area contributed by atoms with Crippen molar-refractivity contribution >= 4 is 5.91 Å². The lowest BCUT2D eigenvalue weighted by Crippen LogP contribution is -2.47. The van der Waals surface area contributed by atoms with Crippen molar-refractivity contribution in [1.82, 2.24) is 15.6 Å². The molecule has 0 saturated carbocycles. The van der Waals surface area contributed by atoms with Crippen LogP contribution in [-0.2, 0) is 24.3 Å². The predicted molar refractivity (Wildman–Crippen MR) is 76.9 cm³/mol. The van der Waals surface area contributed by atoms with Crippen molar-refractivity contribution in [3.63, 3.8) is 0 Å². The molecule has 2 aromatic rings. The maximum Gasteiger partial charge on any atom is 0.237 e. The summed E-state index contributed by atoms with van der Waals surface area (Å²) >= 11 is 0. The molecule has 1 aromatic carbocycles. The van der Waals surface area contributed by atoms with Crippen molar-refractivity contribution in [1.29, 1.82) is 0 Å². The van der Waals surface area contributed by atoms with Crippen LogP contribution in [0.4, 0.5) is 0 Å². The van der Waals surface area contributed by atoms with E-state index in [9.17, 15) is 4.79 Å². The Hall–Kier alpha value is -2.20. The molecule has 0 fully saturated rings. The Morgan fingerprint density at radius 1 is 1.25 bits per heavy atom. The normalized spacial score (nSPS) is 17.3. The number of benzene rings is 1. The van der Waals surface area contributed by atoms with Crippen LogP contribution in [0.1, 0.15) is 16.7 Å². The van der Waals surface area contributed by atoms with E-state index in [0.29, 0.717) is 6.54 Å². The maximum absolute atomic E-state index is 12.2. The number of rotatable bonds is 3. The van der Waals surface area contributed by atoms with Crippen LogP contribution in [0.25, 0.3) is 0 Å². The number of pyridine rings is 1. The molecule has 0 bridgehead atoms. The molecule has 1 aromatic heterocycles. The Morgan fingerprint density at radius 3 is 2.90 bits per heavy atom. The molecule has 0 aliphatic carbocycles. The second-order valence-electron chi connectivity index (χ2n) is 4.99. The quantitative estimate of drug-likeness (QED) is 0.884. The summed E-state index contributed by atoms with van der Waals surface area (Å²) < 4.78 is 0. The van der Waals surface area contributed by atoms with Crippen molar-refractivity contribution in [2.24, 2.45) is 0 Å². The summed E-state index contributed by atoms with van der Waals surface area (Å²) in [5.41, 5.74) is 3.55. The average Bonchev–Trinajstić information content (AvgIpc) is 2.53. The van der Waals surface area contributed by atoms with Gasteiger partial charge in [0, 0.05) is 25.5 Å². The van der Waals surface area contributed by atoms with Crippen molar-refractivity contribution in [2.75, 3.05) is 0 Å². The number of fused-ring (bicyclic) bond motifs is 1. The largest absolute Gasteiger partial charge is 0.351 e. The summed E-state index contributed by atoms with van der Waals surface area (Å²) in [5.74, 6) is 0.0448. The van der Waals surface area contributed by atoms with Crippen LogP contribution in [0.15, 0.2) is 48.8 Å². The van der Waals surface area contributed by atoms with Gasteiger partial charge in [-0.2, -0.15) is 0 Å². The van der Waals surface area contributed by atoms with Gasteiger partial charge in [-0.15, -0.1) is 0 Å². The molecular formula is C16H17N3O. The van der Waals surface area contributed by atoms with E-state index in [4.69, 9.17) is 0 Å². The van der Waals surface area contributed by atoms with Gasteiger partial charge in [-0.05, 0) is 29.2 Å². The summed E-state index contributed by atoms with van der Waals surface area (Å²) in [4.78, 5) is 16.2. The number of nitrogens with one attached hydrogen (secondary N) is 2. The summed E-state index contributed by atoms with van der Waals surface area (Å²) in [6.45, 7) is 1.27. The smallest absolute Gasteiger partial charge is 0.237 e. The zero-order valence-corrected chi connectivity index (χ0v) is 11.2. The number of amides is 1. The van der Waals surface area contributed by atoms with E-state index in [2.05, 4.69) is 27.8 Å². The average molecular weight is 267 g/mol. The maximum atomic E-state index is 12.2. The number of carbonyl (C=O) groups is 1. The lowest BCUT2D eigenvalue weighted by Gasteiger charge is -2.25. The predicted octanol–water partition coefficient (Wildman–Crippen LogP) is 1.41. The van der Waals surface area contributed by atoms with Gasteiger partial charge in [-0.3, -0.25) is 9.78 Å². The SMILES string of the molecule is O=C(NCc1cccnc1)[C@H]1Cc2ccccc2CN1. The van der Waals surface area contributed by atoms with Crippen molar-refractivity contribution in [3.8, 4) is 0 Å². The van der Waals surface area contributed by atoms with Crippen LogP contribution >= 0.6 is 0 Å². The van der Waals surface area contributed by atoms with Gasteiger partial charge in [-0.1, -0.05) is 30.3 Å². The van der Waals surface area contributed by atoms with Gasteiger partial charge in [0.05, 0.1) is 6.04 Å². The molecule has 4 nitrogen and oxygen atoms in total. The molecule has 20 heavy (non-hydrogen) atoms. The summed E-state index contributed by atoms with van der Waals surface area (Å²) in [6, 6.07) is 11.9. The van der Waals surface area contributed by atoms with Gasteiger partial charge in [0.25, 0.3) is 0 Å². The molecule has 1 amide bonds. The molecule has 3 rings (SSSR count). The van der Waals surface area contributed by atoms with E-state index in [1.807, 2.05) is 24.3 Å². The number of nitrogens with zero attached hydrogens (tertiary/aromatic N) is 1. The lowest BCUT2D eigenvalue weighted by molar-refractivity contribution is -0.123. The minimum absolute atomic E-state index is 0.0448. The fraction of sp³-hybridized carbons (Fsp3) is 0.250. The third-order valence-corrected chi connectivity index (χ3v) is 3.59. The molecule has 0 spiro atoms. The number of hydrogen-bond acceptors (Lipinski definition) is 3. The van der Waals surface area contributed by atoms with Gasteiger partial charge in [-0.25, -0.2) is 0 Å². The summed E-state index contributed by atoms with van der Waals surface area (Å²) in [5, 5.41) is 6.24. The Kier molecular flexibility index (Phi) is 3.74. The van der Waals surface area contributed by atoms with Gasteiger partial charge in [0.1, 0.15) is 0 Å². The molecule has 1 atom stereocenters. The highest BCUT2D eigenvalue weighted by Gasteiger charge is 2.23. The van der Waals surface area contributed by atoms with Crippen LogP contribution in [0.3, 0.4) is 0 Å². The summed E-state index contributed by atoms with van der Waals surface area (Å²) in [7, 11) is 0. The van der Waals surface area contributed by atoms with E-state index >= 15 is 0 Å². The number of carbonyl (C=O) groups excluding carboxylic acids is 1. The van der Waals surface area contributed by atoms with Crippen molar-refractivity contribution < 1.29 is 4.79 Å². The highest BCUT2D eigenvalue weighted by atomic mass is 16.2. The number of hydrogen-bond donors (Lipinski definition) is 2. The van der Waals surface area contributed by atoms with Crippen LogP contribution in [-0.4, -0.2) is 16.9 Å². The van der Waals surface area contributed by atoms with E-state index < -0.39 is 0 Å². The molecule has 4 heteroatoms. The first-order valence-electron chi connectivity index (χ1n) is 6.80. The molecular weight excluding hydrogens is 250 g/mol. The highest BCUT2D eigenvalue weighted by Crippen LogP contribution is 2.16. The van der Waals surface area contributed by atoms with Gasteiger partial charge < -0.3 is 10.6 Å². The Balaban J connectivity index is 1.59. The molecule has 0 saturated heterocycles. The Morgan fingerprint density at radius 2 is 2.10 bits per heavy atom. The first-order valence-corrected chi connectivity index (χ1v) is 6.80. The van der Waals surface area contributed by atoms with Gasteiger partial charge in [0.15, 0.2) is 0 Å². The fourth-order valence-corrected chi connectivity index (χ4v) is 2.45. The third-order valence-electron chi connectivity index (χ3n) is 3.59. The highest BCUT2D eigenvalue weighted by molar-refractivity contribution is 5.82. The van der Waals surface area contributed by atoms with Crippen LogP contribution in [0.5, 0.6) is 0 Å². The second kappa shape index (κ2) is 5.84. The van der Waals surface area contributed by atoms with Crippen molar-refractivity contribution in [3.05, 3.63) is 65.5 Å². The standard InChI is InChI=1S/C16H17N3O/c20-16(19-10-12-4-3-7-17-9-12)15-8-13-5-1-2-6-14(13)11-18-15/h1-7,9,15,18H,8,10-11H2,(H,19,20)/t15-/m1/s1. The molecule has 1 aliphatic rings. The van der Waals surface area contributed by atoms with E-state index in [1.54, 1.807) is 12.4 Å². The van der Waals surface area contributed by atoms with Crippen LogP contribution in [0.2, 0.25) is 0 Å². The molecule has 0 radical (unpaired) electrons. The Bertz CT molecular complexity index is 598. The topological polar surface area (TPSA) is 54.0 Å². The summed E-state index contributed by atoms with van der Waals surface area (Å²) in [6.07, 6.45) is 4.24. The Labute approximate surface area is 118 Å². The van der Waals surface area contributed by atoms with Gasteiger partial charge >= 0.3 is 0 Å². The first kappa shape index (κ1) is 12.8. The zero-order chi connectivity index (χ0) is 13.8.